The summed E-state index contributed by atoms with van der Waals surface area (Å²) in [4.78, 5) is 7.91. The number of thiophene rings is 1. The van der Waals surface area contributed by atoms with Crippen molar-refractivity contribution in [3.05, 3.63) is 32.9 Å². The molecule has 2 heterocycles. The molecule has 0 amide bonds. The number of hydrogen-bond donors (Lipinski definition) is 3. The van der Waals surface area contributed by atoms with Crippen molar-refractivity contribution >= 4 is 37.3 Å². The minimum absolute atomic E-state index is 0.205. The van der Waals surface area contributed by atoms with Gasteiger partial charge in [0.25, 0.3) is 0 Å². The third kappa shape index (κ3) is 3.23. The van der Waals surface area contributed by atoms with Crippen LogP contribution in [0.2, 0.25) is 0 Å². The number of aromatic amines is 1. The minimum atomic E-state index is -3.61. The van der Waals surface area contributed by atoms with Crippen molar-refractivity contribution in [1.29, 1.82) is 0 Å². The van der Waals surface area contributed by atoms with Gasteiger partial charge in [0.05, 0.1) is 9.83 Å². The quantitative estimate of drug-likeness (QED) is 0.751. The van der Waals surface area contributed by atoms with E-state index in [1.807, 2.05) is 0 Å². The Morgan fingerprint density at radius 1 is 1.63 bits per heavy atom. The first-order chi connectivity index (χ1) is 8.94. The highest BCUT2D eigenvalue weighted by atomic mass is 79.9. The summed E-state index contributed by atoms with van der Waals surface area (Å²) in [6, 6.07) is 1.14. The van der Waals surface area contributed by atoms with E-state index in [0.717, 1.165) is 4.88 Å². The first-order valence-corrected chi connectivity index (χ1v) is 8.53. The van der Waals surface area contributed by atoms with Crippen LogP contribution in [-0.4, -0.2) is 18.4 Å². The summed E-state index contributed by atoms with van der Waals surface area (Å²) >= 11 is 4.57. The van der Waals surface area contributed by atoms with Crippen LogP contribution in [0.1, 0.15) is 23.7 Å². The van der Waals surface area contributed by atoms with Crippen LogP contribution >= 0.6 is 27.3 Å². The number of nitrogens with two attached hydrogens (primary N) is 1. The number of hydrogen-bond acceptors (Lipinski definition) is 5. The smallest absolute Gasteiger partial charge is 0.243 e. The second-order valence-corrected chi connectivity index (χ2v) is 8.01. The monoisotopic (exact) mass is 364 g/mol. The maximum Gasteiger partial charge on any atom is 0.243 e. The molecular weight excluding hydrogens is 352 g/mol. The van der Waals surface area contributed by atoms with Crippen LogP contribution in [0.25, 0.3) is 0 Å². The summed E-state index contributed by atoms with van der Waals surface area (Å²) < 4.78 is 27.7. The van der Waals surface area contributed by atoms with Crippen LogP contribution in [-0.2, 0) is 16.6 Å². The highest BCUT2D eigenvalue weighted by molar-refractivity contribution is 9.11. The lowest BCUT2D eigenvalue weighted by Crippen LogP contribution is -2.27. The molecule has 0 aliphatic heterocycles. The number of halogens is 1. The van der Waals surface area contributed by atoms with Crippen LogP contribution in [0.4, 0.5) is 0 Å². The molecule has 4 N–H and O–H groups in total. The van der Waals surface area contributed by atoms with Crippen molar-refractivity contribution in [2.24, 2.45) is 5.73 Å². The van der Waals surface area contributed by atoms with Gasteiger partial charge < -0.3 is 10.7 Å². The van der Waals surface area contributed by atoms with Crippen molar-refractivity contribution in [3.63, 3.8) is 0 Å². The highest BCUT2D eigenvalue weighted by Crippen LogP contribution is 2.32. The molecule has 0 aliphatic carbocycles. The molecule has 0 radical (unpaired) electrons. The van der Waals surface area contributed by atoms with Crippen molar-refractivity contribution in [2.45, 2.75) is 24.4 Å². The molecule has 2 aromatic rings. The molecular formula is C10H13BrN4O2S2. The Bertz CT molecular complexity index is 651. The number of nitrogens with one attached hydrogen (secondary N) is 2. The Hall–Kier alpha value is -0.740. The molecule has 0 saturated carbocycles. The van der Waals surface area contributed by atoms with E-state index in [1.54, 1.807) is 25.4 Å². The van der Waals surface area contributed by atoms with E-state index in [-0.39, 0.29) is 4.90 Å². The number of nitrogens with zero attached hydrogens (tertiary/aromatic N) is 1. The van der Waals surface area contributed by atoms with E-state index in [1.165, 1.54) is 11.3 Å². The van der Waals surface area contributed by atoms with Crippen LogP contribution in [0, 0.1) is 0 Å². The topological polar surface area (TPSA) is 101 Å². The molecule has 2 rings (SSSR count). The zero-order valence-corrected chi connectivity index (χ0v) is 13.3. The normalized spacial score (nSPS) is 13.6. The van der Waals surface area contributed by atoms with Crippen molar-refractivity contribution in [3.8, 4) is 0 Å². The Kier molecular flexibility index (Phi) is 4.41. The van der Waals surface area contributed by atoms with E-state index in [9.17, 15) is 8.42 Å². The van der Waals surface area contributed by atoms with Gasteiger partial charge in [-0.3, -0.25) is 0 Å². The fourth-order valence-electron chi connectivity index (χ4n) is 1.55. The van der Waals surface area contributed by atoms with Crippen molar-refractivity contribution < 1.29 is 8.42 Å². The molecule has 2 aromatic heterocycles. The average Bonchev–Trinajstić information content (AvgIpc) is 2.96. The zero-order valence-electron chi connectivity index (χ0n) is 10.1. The fourth-order valence-corrected chi connectivity index (χ4v) is 5.32. The molecule has 1 atom stereocenters. The van der Waals surface area contributed by atoms with E-state index in [0.29, 0.717) is 16.2 Å². The fraction of sp³-hybridized carbons (Fsp3) is 0.300. The minimum Gasteiger partial charge on any atom is -0.347 e. The van der Waals surface area contributed by atoms with Crippen LogP contribution in [0.15, 0.2) is 27.1 Å². The van der Waals surface area contributed by atoms with Crippen LogP contribution < -0.4 is 10.5 Å². The number of aromatic nitrogens is 2. The third-order valence-corrected chi connectivity index (χ3v) is 6.27. The molecule has 19 heavy (non-hydrogen) atoms. The van der Waals surface area contributed by atoms with E-state index in [4.69, 9.17) is 5.73 Å². The first-order valence-electron chi connectivity index (χ1n) is 5.44. The summed E-state index contributed by atoms with van der Waals surface area (Å²) in [5, 5.41) is 0. The lowest BCUT2D eigenvalue weighted by atomic mass is 10.3. The van der Waals surface area contributed by atoms with Crippen molar-refractivity contribution in [1.82, 2.24) is 14.7 Å². The Labute approximate surface area is 123 Å². The van der Waals surface area contributed by atoms with Gasteiger partial charge in [0.15, 0.2) is 0 Å². The summed E-state index contributed by atoms with van der Waals surface area (Å²) in [5.74, 6) is 0.564. The van der Waals surface area contributed by atoms with Crippen LogP contribution in [0.3, 0.4) is 0 Å². The number of imidazole rings is 1. The number of H-pyrrole nitrogens is 1. The second kappa shape index (κ2) is 5.71. The predicted molar refractivity (Wildman–Crippen MR) is 77.2 cm³/mol. The van der Waals surface area contributed by atoms with E-state index < -0.39 is 16.1 Å². The van der Waals surface area contributed by atoms with Gasteiger partial charge in [-0.15, -0.1) is 11.3 Å². The van der Waals surface area contributed by atoms with Gasteiger partial charge in [-0.25, -0.2) is 18.1 Å². The van der Waals surface area contributed by atoms with Gasteiger partial charge in [0, 0.05) is 23.8 Å². The Balaban J connectivity index is 2.25. The van der Waals surface area contributed by atoms with Gasteiger partial charge in [-0.1, -0.05) is 0 Å². The molecule has 104 valence electrons. The van der Waals surface area contributed by atoms with Gasteiger partial charge in [-0.05, 0) is 28.9 Å². The van der Waals surface area contributed by atoms with Gasteiger partial charge in [0.2, 0.25) is 10.0 Å². The molecule has 6 nitrogen and oxygen atoms in total. The number of sulfonamides is 1. The van der Waals surface area contributed by atoms with E-state index >= 15 is 0 Å². The number of rotatable bonds is 5. The summed E-state index contributed by atoms with van der Waals surface area (Å²) in [5.41, 5.74) is 5.51. The molecule has 0 aliphatic rings. The maximum absolute atomic E-state index is 12.3. The summed E-state index contributed by atoms with van der Waals surface area (Å²) in [6.45, 7) is 2.03. The standard InChI is InChI=1S/C10H13BrN4O2S2/c1-6(10-13-2-3-14-10)15-19(16,17)8-4-7(5-12)18-9(8)11/h2-4,6,15H,5,12H2,1H3,(H,13,14). The molecule has 0 fully saturated rings. The largest absolute Gasteiger partial charge is 0.347 e. The molecule has 0 bridgehead atoms. The Morgan fingerprint density at radius 3 is 2.89 bits per heavy atom. The molecule has 9 heteroatoms. The average molecular weight is 365 g/mol. The lowest BCUT2D eigenvalue weighted by molar-refractivity contribution is 0.561. The third-order valence-electron chi connectivity index (χ3n) is 2.46. The van der Waals surface area contributed by atoms with Gasteiger partial charge >= 0.3 is 0 Å². The Morgan fingerprint density at radius 2 is 2.37 bits per heavy atom. The molecule has 1 unspecified atom stereocenters. The first kappa shape index (κ1) is 14.7. The van der Waals surface area contributed by atoms with Crippen molar-refractivity contribution in [2.75, 3.05) is 0 Å². The summed E-state index contributed by atoms with van der Waals surface area (Å²) in [7, 11) is -3.61. The van der Waals surface area contributed by atoms with Gasteiger partial charge in [0.1, 0.15) is 10.7 Å². The zero-order chi connectivity index (χ0) is 14.0. The van der Waals surface area contributed by atoms with Gasteiger partial charge in [-0.2, -0.15) is 0 Å². The molecule has 0 saturated heterocycles. The lowest BCUT2D eigenvalue weighted by Gasteiger charge is -2.11. The van der Waals surface area contributed by atoms with Crippen LogP contribution in [0.5, 0.6) is 0 Å². The molecule has 0 aromatic carbocycles. The summed E-state index contributed by atoms with van der Waals surface area (Å²) in [6.07, 6.45) is 3.22. The SMILES string of the molecule is CC(NS(=O)(=O)c1cc(CN)sc1Br)c1ncc[nH]1. The second-order valence-electron chi connectivity index (χ2n) is 3.87. The highest BCUT2D eigenvalue weighted by Gasteiger charge is 2.24. The predicted octanol–water partition coefficient (Wildman–Crippen LogP) is 1.73. The van der Waals surface area contributed by atoms with E-state index in [2.05, 4.69) is 30.6 Å². The molecule has 0 spiro atoms. The maximum atomic E-state index is 12.3.